The number of nitrogens with one attached hydrogen (secondary N) is 1. The van der Waals surface area contributed by atoms with Crippen LogP contribution in [0.3, 0.4) is 0 Å². The second-order valence-corrected chi connectivity index (χ2v) is 3.30. The molecule has 0 saturated heterocycles. The largest absolute Gasteiger partial charge is 0.504 e. The summed E-state index contributed by atoms with van der Waals surface area (Å²) in [6.45, 7) is 0. The van der Waals surface area contributed by atoms with Gasteiger partial charge in [0.1, 0.15) is 0 Å². The summed E-state index contributed by atoms with van der Waals surface area (Å²) in [5, 5.41) is 18.3. The minimum Gasteiger partial charge on any atom is -0.504 e. The predicted molar refractivity (Wildman–Crippen MR) is 56.6 cm³/mol. The number of aromatic hydroxyl groups is 2. The van der Waals surface area contributed by atoms with Crippen LogP contribution in [0.4, 0.5) is 0 Å². The van der Waals surface area contributed by atoms with Crippen LogP contribution in [0.25, 0.3) is 0 Å². The van der Waals surface area contributed by atoms with E-state index in [0.717, 1.165) is 0 Å². The lowest BCUT2D eigenvalue weighted by molar-refractivity contribution is -0.132. The number of hydroxylamine groups is 1. The number of carbonyl (C=O) groups is 1. The number of hydrogen-bond acceptors (Lipinski definition) is 5. The van der Waals surface area contributed by atoms with Crippen molar-refractivity contribution in [1.82, 2.24) is 5.48 Å². The molecule has 16 heavy (non-hydrogen) atoms. The molecule has 0 spiro atoms. The predicted octanol–water partition coefficient (Wildman–Crippen LogP) is -0.355. The fraction of sp³-hybridized carbons (Fsp3) is 0.300. The van der Waals surface area contributed by atoms with Crippen molar-refractivity contribution in [2.75, 3.05) is 7.11 Å². The van der Waals surface area contributed by atoms with Gasteiger partial charge in [0.25, 0.3) is 5.91 Å². The van der Waals surface area contributed by atoms with Gasteiger partial charge in [-0.2, -0.15) is 0 Å². The first-order valence-electron chi connectivity index (χ1n) is 4.64. The summed E-state index contributed by atoms with van der Waals surface area (Å²) in [6, 6.07) is 3.50. The van der Waals surface area contributed by atoms with Gasteiger partial charge in [-0.15, -0.1) is 0 Å². The number of carbonyl (C=O) groups excluding carboxylic acids is 1. The second kappa shape index (κ2) is 5.34. The van der Waals surface area contributed by atoms with E-state index in [1.165, 1.54) is 19.2 Å². The number of hydrogen-bond donors (Lipinski definition) is 4. The number of benzene rings is 1. The van der Waals surface area contributed by atoms with Crippen LogP contribution in [0.2, 0.25) is 0 Å². The SMILES string of the molecule is CONC(=O)[C@@H](N)Cc1ccc(O)c(O)c1. The Balaban J connectivity index is 2.66. The lowest BCUT2D eigenvalue weighted by atomic mass is 10.1. The van der Waals surface area contributed by atoms with E-state index in [4.69, 9.17) is 10.8 Å². The Morgan fingerprint density at radius 1 is 1.50 bits per heavy atom. The highest BCUT2D eigenvalue weighted by Gasteiger charge is 2.14. The molecular formula is C10H14N2O4. The third kappa shape index (κ3) is 3.11. The summed E-state index contributed by atoms with van der Waals surface area (Å²) in [7, 11) is 1.32. The number of amides is 1. The number of rotatable bonds is 4. The molecule has 0 aliphatic rings. The maximum Gasteiger partial charge on any atom is 0.260 e. The summed E-state index contributed by atoms with van der Waals surface area (Å²) < 4.78 is 0. The summed E-state index contributed by atoms with van der Waals surface area (Å²) in [4.78, 5) is 15.7. The third-order valence-electron chi connectivity index (χ3n) is 2.03. The van der Waals surface area contributed by atoms with Gasteiger partial charge in [0, 0.05) is 0 Å². The normalized spacial score (nSPS) is 12.1. The molecule has 0 aliphatic carbocycles. The van der Waals surface area contributed by atoms with Crippen LogP contribution >= 0.6 is 0 Å². The van der Waals surface area contributed by atoms with Gasteiger partial charge in [-0.3, -0.25) is 9.63 Å². The van der Waals surface area contributed by atoms with Gasteiger partial charge in [0.15, 0.2) is 11.5 Å². The molecule has 6 heteroatoms. The quantitative estimate of drug-likeness (QED) is 0.414. The van der Waals surface area contributed by atoms with Crippen molar-refractivity contribution in [2.45, 2.75) is 12.5 Å². The molecule has 0 aromatic heterocycles. The molecule has 88 valence electrons. The highest BCUT2D eigenvalue weighted by atomic mass is 16.6. The van der Waals surface area contributed by atoms with Crippen molar-refractivity contribution in [3.05, 3.63) is 23.8 Å². The van der Waals surface area contributed by atoms with Gasteiger partial charge in [0.05, 0.1) is 13.2 Å². The van der Waals surface area contributed by atoms with Crippen LogP contribution in [-0.4, -0.2) is 29.3 Å². The zero-order chi connectivity index (χ0) is 12.1. The molecule has 0 bridgehead atoms. The van der Waals surface area contributed by atoms with E-state index in [1.54, 1.807) is 6.07 Å². The minimum absolute atomic E-state index is 0.210. The van der Waals surface area contributed by atoms with E-state index in [1.807, 2.05) is 0 Å². The van der Waals surface area contributed by atoms with Gasteiger partial charge in [-0.25, -0.2) is 5.48 Å². The maximum atomic E-state index is 11.2. The fourth-order valence-corrected chi connectivity index (χ4v) is 1.22. The fourth-order valence-electron chi connectivity index (χ4n) is 1.22. The smallest absolute Gasteiger partial charge is 0.260 e. The molecule has 0 saturated carbocycles. The van der Waals surface area contributed by atoms with Crippen molar-refractivity contribution in [1.29, 1.82) is 0 Å². The molecule has 5 N–H and O–H groups in total. The van der Waals surface area contributed by atoms with Crippen molar-refractivity contribution < 1.29 is 19.8 Å². The molecule has 1 rings (SSSR count). The average Bonchev–Trinajstić information content (AvgIpc) is 2.24. The van der Waals surface area contributed by atoms with E-state index in [2.05, 4.69) is 10.3 Å². The Hall–Kier alpha value is -1.79. The first-order chi connectivity index (χ1) is 7.54. The Morgan fingerprint density at radius 3 is 2.75 bits per heavy atom. The van der Waals surface area contributed by atoms with E-state index >= 15 is 0 Å². The summed E-state index contributed by atoms with van der Waals surface area (Å²) in [5.41, 5.74) is 8.35. The van der Waals surface area contributed by atoms with E-state index in [0.29, 0.717) is 5.56 Å². The van der Waals surface area contributed by atoms with Crippen LogP contribution in [0.1, 0.15) is 5.56 Å². The first kappa shape index (κ1) is 12.3. The van der Waals surface area contributed by atoms with E-state index in [-0.39, 0.29) is 17.9 Å². The Bertz CT molecular complexity index is 381. The lowest BCUT2D eigenvalue weighted by Crippen LogP contribution is -2.41. The Labute approximate surface area is 92.6 Å². The van der Waals surface area contributed by atoms with Crippen molar-refractivity contribution in [2.24, 2.45) is 5.73 Å². The topological polar surface area (TPSA) is 105 Å². The molecular weight excluding hydrogens is 212 g/mol. The Kier molecular flexibility index (Phi) is 4.10. The molecule has 0 aliphatic heterocycles. The van der Waals surface area contributed by atoms with Gasteiger partial charge < -0.3 is 15.9 Å². The van der Waals surface area contributed by atoms with Gasteiger partial charge in [-0.1, -0.05) is 6.07 Å². The highest BCUT2D eigenvalue weighted by molar-refractivity contribution is 5.80. The minimum atomic E-state index is -0.774. The molecule has 1 aromatic rings. The molecule has 0 heterocycles. The van der Waals surface area contributed by atoms with Crippen LogP contribution in [-0.2, 0) is 16.1 Å². The molecule has 1 aromatic carbocycles. The van der Waals surface area contributed by atoms with Crippen LogP contribution in [0.15, 0.2) is 18.2 Å². The maximum absolute atomic E-state index is 11.2. The average molecular weight is 226 g/mol. The molecule has 1 atom stereocenters. The van der Waals surface area contributed by atoms with Crippen molar-refractivity contribution in [3.8, 4) is 11.5 Å². The molecule has 6 nitrogen and oxygen atoms in total. The van der Waals surface area contributed by atoms with Crippen molar-refractivity contribution >= 4 is 5.91 Å². The van der Waals surface area contributed by atoms with Gasteiger partial charge in [0.2, 0.25) is 0 Å². The highest BCUT2D eigenvalue weighted by Crippen LogP contribution is 2.25. The summed E-state index contributed by atoms with van der Waals surface area (Å²) >= 11 is 0. The Morgan fingerprint density at radius 2 is 2.19 bits per heavy atom. The van der Waals surface area contributed by atoms with Crippen molar-refractivity contribution in [3.63, 3.8) is 0 Å². The molecule has 0 fully saturated rings. The summed E-state index contributed by atoms with van der Waals surface area (Å²) in [6.07, 6.45) is 0.239. The van der Waals surface area contributed by atoms with Gasteiger partial charge in [-0.05, 0) is 24.1 Å². The lowest BCUT2D eigenvalue weighted by Gasteiger charge is -2.11. The zero-order valence-electron chi connectivity index (χ0n) is 8.80. The van der Waals surface area contributed by atoms with Crippen LogP contribution in [0.5, 0.6) is 11.5 Å². The monoisotopic (exact) mass is 226 g/mol. The third-order valence-corrected chi connectivity index (χ3v) is 2.03. The standard InChI is InChI=1S/C10H14N2O4/c1-16-12-10(15)7(11)4-6-2-3-8(13)9(14)5-6/h2-3,5,7,13-14H,4,11H2,1H3,(H,12,15)/t7-/m0/s1. The zero-order valence-corrected chi connectivity index (χ0v) is 8.80. The molecule has 0 unspecified atom stereocenters. The summed E-state index contributed by atoms with van der Waals surface area (Å²) in [5.74, 6) is -0.898. The number of nitrogens with two attached hydrogens (primary N) is 1. The second-order valence-electron chi connectivity index (χ2n) is 3.30. The van der Waals surface area contributed by atoms with E-state index in [9.17, 15) is 9.90 Å². The van der Waals surface area contributed by atoms with E-state index < -0.39 is 11.9 Å². The number of phenols is 2. The first-order valence-corrected chi connectivity index (χ1v) is 4.64. The molecule has 1 amide bonds. The van der Waals surface area contributed by atoms with Crippen LogP contribution in [0, 0.1) is 0 Å². The number of phenolic OH excluding ortho intramolecular Hbond substituents is 2. The van der Waals surface area contributed by atoms with Crippen LogP contribution < -0.4 is 11.2 Å². The van der Waals surface area contributed by atoms with Gasteiger partial charge >= 0.3 is 0 Å². The molecule has 0 radical (unpaired) electrons.